The zero-order chi connectivity index (χ0) is 14.0. The van der Waals surface area contributed by atoms with Gasteiger partial charge in [-0.1, -0.05) is 6.92 Å². The number of hydrogen-bond donors (Lipinski definition) is 2. The van der Waals surface area contributed by atoms with E-state index in [1.54, 1.807) is 37.1 Å². The van der Waals surface area contributed by atoms with E-state index in [0.29, 0.717) is 18.0 Å². The van der Waals surface area contributed by atoms with Gasteiger partial charge in [0.05, 0.1) is 11.6 Å². The van der Waals surface area contributed by atoms with Gasteiger partial charge in [0.25, 0.3) is 5.91 Å². The minimum atomic E-state index is -0.841. The molecule has 1 unspecified atom stereocenters. The Morgan fingerprint density at radius 3 is 3.00 bits per heavy atom. The number of anilines is 2. The van der Waals surface area contributed by atoms with Crippen LogP contribution >= 0.6 is 0 Å². The van der Waals surface area contributed by atoms with Crippen molar-refractivity contribution in [1.82, 2.24) is 0 Å². The van der Waals surface area contributed by atoms with Crippen molar-refractivity contribution in [3.05, 3.63) is 18.2 Å². The number of carbonyl (C=O) groups excluding carboxylic acids is 1. The lowest BCUT2D eigenvalue weighted by Gasteiger charge is -2.26. The second-order valence-corrected chi connectivity index (χ2v) is 4.54. The molecule has 102 valence electrons. The molecule has 6 heteroatoms. The van der Waals surface area contributed by atoms with Gasteiger partial charge in [-0.05, 0) is 12.1 Å². The van der Waals surface area contributed by atoms with Crippen molar-refractivity contribution in [3.63, 3.8) is 0 Å². The van der Waals surface area contributed by atoms with Crippen molar-refractivity contribution < 1.29 is 19.4 Å². The maximum absolute atomic E-state index is 11.5. The highest BCUT2D eigenvalue weighted by Gasteiger charge is 2.22. The van der Waals surface area contributed by atoms with Crippen LogP contribution in [0, 0.1) is 5.92 Å². The standard InChI is InChI=1S/C13H16N2O4/c1-8(13(17)18)6-14-9-3-4-10-11(5-9)19-7-12(16)15(10)2/h3-5,8,14H,6-7H2,1-2H3,(H,17,18). The first kappa shape index (κ1) is 13.2. The number of nitrogens with zero attached hydrogens (tertiary/aromatic N) is 1. The topological polar surface area (TPSA) is 78.9 Å². The molecule has 0 saturated carbocycles. The number of amides is 1. The summed E-state index contributed by atoms with van der Waals surface area (Å²) < 4.78 is 5.35. The van der Waals surface area contributed by atoms with Gasteiger partial charge in [-0.25, -0.2) is 0 Å². The highest BCUT2D eigenvalue weighted by molar-refractivity contribution is 5.97. The van der Waals surface area contributed by atoms with Crippen molar-refractivity contribution >= 4 is 23.3 Å². The van der Waals surface area contributed by atoms with Crippen LogP contribution in [0.25, 0.3) is 0 Å². The molecule has 1 aliphatic rings. The molecular formula is C13H16N2O4. The molecule has 0 bridgehead atoms. The van der Waals surface area contributed by atoms with E-state index in [1.807, 2.05) is 0 Å². The summed E-state index contributed by atoms with van der Waals surface area (Å²) >= 11 is 0. The fraction of sp³-hybridized carbons (Fsp3) is 0.385. The number of carboxylic acid groups (broad SMARTS) is 1. The molecule has 1 amide bonds. The first-order valence-corrected chi connectivity index (χ1v) is 5.99. The predicted octanol–water partition coefficient (Wildman–Crippen LogP) is 1.17. The number of fused-ring (bicyclic) bond motifs is 1. The lowest BCUT2D eigenvalue weighted by Crippen LogP contribution is -2.35. The molecule has 0 aliphatic carbocycles. The Balaban J connectivity index is 2.09. The molecule has 0 saturated heterocycles. The highest BCUT2D eigenvalue weighted by atomic mass is 16.5. The zero-order valence-electron chi connectivity index (χ0n) is 10.8. The monoisotopic (exact) mass is 264 g/mol. The number of aliphatic carboxylic acids is 1. The van der Waals surface area contributed by atoms with Crippen molar-refractivity contribution in [2.45, 2.75) is 6.92 Å². The molecule has 2 N–H and O–H groups in total. The number of nitrogens with one attached hydrogen (secondary N) is 1. The number of benzene rings is 1. The molecule has 0 aromatic heterocycles. The highest BCUT2D eigenvalue weighted by Crippen LogP contribution is 2.33. The van der Waals surface area contributed by atoms with E-state index in [1.165, 1.54) is 0 Å². The van der Waals surface area contributed by atoms with Crippen molar-refractivity contribution in [2.75, 3.05) is 30.4 Å². The van der Waals surface area contributed by atoms with Crippen molar-refractivity contribution in [2.24, 2.45) is 5.92 Å². The van der Waals surface area contributed by atoms with Crippen LogP contribution in [0.3, 0.4) is 0 Å². The molecule has 0 fully saturated rings. The molecule has 2 rings (SSSR count). The molecule has 0 spiro atoms. The van der Waals surface area contributed by atoms with Crippen LogP contribution in [0.2, 0.25) is 0 Å². The Hall–Kier alpha value is -2.24. The van der Waals surface area contributed by atoms with Gasteiger partial charge in [0.15, 0.2) is 6.61 Å². The molecular weight excluding hydrogens is 248 g/mol. The lowest BCUT2D eigenvalue weighted by atomic mass is 10.1. The van der Waals surface area contributed by atoms with Crippen LogP contribution in [0.5, 0.6) is 5.75 Å². The van der Waals surface area contributed by atoms with Crippen LogP contribution < -0.4 is 15.0 Å². The zero-order valence-corrected chi connectivity index (χ0v) is 10.8. The van der Waals surface area contributed by atoms with E-state index >= 15 is 0 Å². The smallest absolute Gasteiger partial charge is 0.308 e. The summed E-state index contributed by atoms with van der Waals surface area (Å²) in [4.78, 5) is 23.7. The number of carbonyl (C=O) groups is 2. The number of rotatable bonds is 4. The van der Waals surface area contributed by atoms with Gasteiger partial charge in [0, 0.05) is 25.3 Å². The second-order valence-electron chi connectivity index (χ2n) is 4.54. The Kier molecular flexibility index (Phi) is 3.59. The van der Waals surface area contributed by atoms with Crippen LogP contribution in [-0.4, -0.2) is 37.2 Å². The van der Waals surface area contributed by atoms with Crippen LogP contribution in [-0.2, 0) is 9.59 Å². The maximum atomic E-state index is 11.5. The van der Waals surface area contributed by atoms with Gasteiger partial charge < -0.3 is 20.1 Å². The lowest BCUT2D eigenvalue weighted by molar-refractivity contribution is -0.140. The van der Waals surface area contributed by atoms with Gasteiger partial charge in [-0.15, -0.1) is 0 Å². The van der Waals surface area contributed by atoms with Crippen molar-refractivity contribution in [3.8, 4) is 5.75 Å². The summed E-state index contributed by atoms with van der Waals surface area (Å²) in [5.74, 6) is -0.781. The first-order valence-electron chi connectivity index (χ1n) is 5.99. The number of likely N-dealkylation sites (N-methyl/N-ethyl adjacent to an activating group) is 1. The van der Waals surface area contributed by atoms with Gasteiger partial charge in [-0.3, -0.25) is 9.59 Å². The van der Waals surface area contributed by atoms with E-state index in [2.05, 4.69) is 5.32 Å². The second kappa shape index (κ2) is 5.17. The van der Waals surface area contributed by atoms with Gasteiger partial charge in [-0.2, -0.15) is 0 Å². The third kappa shape index (κ3) is 2.78. The molecule has 1 aromatic carbocycles. The summed E-state index contributed by atoms with van der Waals surface area (Å²) in [6.07, 6.45) is 0. The summed E-state index contributed by atoms with van der Waals surface area (Å²) in [6, 6.07) is 5.35. The first-order chi connectivity index (χ1) is 8.99. The van der Waals surface area contributed by atoms with E-state index in [0.717, 1.165) is 5.69 Å². The summed E-state index contributed by atoms with van der Waals surface area (Å²) in [5.41, 5.74) is 1.49. The normalized spacial score (nSPS) is 15.5. The minimum absolute atomic E-state index is 0.0263. The van der Waals surface area contributed by atoms with Gasteiger partial charge in [0.1, 0.15) is 5.75 Å². The van der Waals surface area contributed by atoms with Crippen molar-refractivity contribution in [1.29, 1.82) is 0 Å². The molecule has 1 atom stereocenters. The number of ether oxygens (including phenoxy) is 1. The van der Waals surface area contributed by atoms with E-state index in [9.17, 15) is 9.59 Å². The fourth-order valence-electron chi connectivity index (χ4n) is 1.75. The number of carboxylic acids is 1. The van der Waals surface area contributed by atoms with Crippen LogP contribution in [0.4, 0.5) is 11.4 Å². The summed E-state index contributed by atoms with van der Waals surface area (Å²) in [6.45, 7) is 2.00. The Labute approximate surface area is 111 Å². The molecule has 19 heavy (non-hydrogen) atoms. The molecule has 1 aliphatic heterocycles. The SMILES string of the molecule is CC(CNc1ccc2c(c1)OCC(=O)N2C)C(=O)O. The van der Waals surface area contributed by atoms with Gasteiger partial charge >= 0.3 is 5.97 Å². The minimum Gasteiger partial charge on any atom is -0.481 e. The molecule has 0 radical (unpaired) electrons. The molecule has 6 nitrogen and oxygen atoms in total. The Bertz CT molecular complexity index is 515. The fourth-order valence-corrected chi connectivity index (χ4v) is 1.75. The molecule has 1 aromatic rings. The summed E-state index contributed by atoms with van der Waals surface area (Å²) in [7, 11) is 1.70. The van der Waals surface area contributed by atoms with E-state index < -0.39 is 11.9 Å². The average Bonchev–Trinajstić information content (AvgIpc) is 2.40. The Morgan fingerprint density at radius 2 is 2.32 bits per heavy atom. The van der Waals surface area contributed by atoms with Crippen LogP contribution in [0.15, 0.2) is 18.2 Å². The average molecular weight is 264 g/mol. The van der Waals surface area contributed by atoms with Gasteiger partial charge in [0.2, 0.25) is 0 Å². The third-order valence-electron chi connectivity index (χ3n) is 3.08. The largest absolute Gasteiger partial charge is 0.481 e. The van der Waals surface area contributed by atoms with Crippen LogP contribution in [0.1, 0.15) is 6.92 Å². The quantitative estimate of drug-likeness (QED) is 0.853. The number of hydrogen-bond acceptors (Lipinski definition) is 4. The van der Waals surface area contributed by atoms with E-state index in [-0.39, 0.29) is 12.5 Å². The predicted molar refractivity (Wildman–Crippen MR) is 70.6 cm³/mol. The van der Waals surface area contributed by atoms with E-state index in [4.69, 9.17) is 9.84 Å². The third-order valence-corrected chi connectivity index (χ3v) is 3.08. The maximum Gasteiger partial charge on any atom is 0.308 e. The summed E-state index contributed by atoms with van der Waals surface area (Å²) in [5, 5.41) is 11.8. The Morgan fingerprint density at radius 1 is 1.58 bits per heavy atom. The molecule has 1 heterocycles.